The van der Waals surface area contributed by atoms with Gasteiger partial charge in [0.25, 0.3) is 0 Å². The second-order valence-corrected chi connectivity index (χ2v) is 8.59. The standard InChI is InChI=1S/C21H35N3O6/c1-13(2)11-16(24-21(28)30-15-7-5-4-6-8-15)19(26)23-17(20(27)29-3)12-14-9-10-22-18(14)25/h13-17H,4-12H2,1-3H3,(H,22,25)(H,23,26)(H,24,28)/t14-,16-,17-/m0/s1. The highest BCUT2D eigenvalue weighted by Crippen LogP contribution is 2.21. The molecule has 0 bridgehead atoms. The molecule has 9 nitrogen and oxygen atoms in total. The van der Waals surface area contributed by atoms with E-state index >= 15 is 0 Å². The van der Waals surface area contributed by atoms with Crippen molar-refractivity contribution in [1.82, 2.24) is 16.0 Å². The molecule has 1 aliphatic carbocycles. The van der Waals surface area contributed by atoms with Crippen LogP contribution in [0.4, 0.5) is 4.79 Å². The molecule has 1 saturated heterocycles. The first kappa shape index (κ1) is 24.0. The lowest BCUT2D eigenvalue weighted by Gasteiger charge is -2.26. The fourth-order valence-electron chi connectivity index (χ4n) is 4.00. The number of methoxy groups -OCH3 is 1. The van der Waals surface area contributed by atoms with E-state index in [0.29, 0.717) is 19.4 Å². The van der Waals surface area contributed by atoms with Crippen LogP contribution in [0.2, 0.25) is 0 Å². The molecule has 3 atom stereocenters. The highest BCUT2D eigenvalue weighted by atomic mass is 16.6. The number of rotatable bonds is 9. The first-order valence-electron chi connectivity index (χ1n) is 10.9. The normalized spacial score (nSPS) is 21.5. The van der Waals surface area contributed by atoms with Crippen LogP contribution in [-0.4, -0.2) is 55.7 Å². The van der Waals surface area contributed by atoms with Crippen LogP contribution in [0.1, 0.15) is 65.2 Å². The van der Waals surface area contributed by atoms with Gasteiger partial charge in [-0.15, -0.1) is 0 Å². The summed E-state index contributed by atoms with van der Waals surface area (Å²) in [6.45, 7) is 4.43. The maximum atomic E-state index is 12.9. The summed E-state index contributed by atoms with van der Waals surface area (Å²) in [6, 6.07) is -1.80. The molecular weight excluding hydrogens is 390 g/mol. The fourth-order valence-corrected chi connectivity index (χ4v) is 4.00. The molecule has 1 heterocycles. The van der Waals surface area contributed by atoms with E-state index in [1.54, 1.807) is 0 Å². The first-order valence-corrected chi connectivity index (χ1v) is 10.9. The molecule has 170 valence electrons. The number of carbonyl (C=O) groups is 4. The van der Waals surface area contributed by atoms with Gasteiger partial charge < -0.3 is 25.4 Å². The summed E-state index contributed by atoms with van der Waals surface area (Å²) in [6.07, 6.45) is 5.29. The Kier molecular flexibility index (Phi) is 9.39. The quantitative estimate of drug-likeness (QED) is 0.483. The van der Waals surface area contributed by atoms with Gasteiger partial charge in [0.15, 0.2) is 0 Å². The summed E-state index contributed by atoms with van der Waals surface area (Å²) in [5.74, 6) is -1.46. The molecule has 3 amide bonds. The zero-order valence-corrected chi connectivity index (χ0v) is 18.2. The largest absolute Gasteiger partial charge is 0.467 e. The zero-order chi connectivity index (χ0) is 22.1. The van der Waals surface area contributed by atoms with Crippen LogP contribution in [0.5, 0.6) is 0 Å². The van der Waals surface area contributed by atoms with Crippen LogP contribution in [-0.2, 0) is 23.9 Å². The summed E-state index contributed by atoms with van der Waals surface area (Å²) >= 11 is 0. The molecule has 9 heteroatoms. The van der Waals surface area contributed by atoms with Gasteiger partial charge in [0.05, 0.1) is 7.11 Å². The maximum Gasteiger partial charge on any atom is 0.408 e. The van der Waals surface area contributed by atoms with Crippen LogP contribution >= 0.6 is 0 Å². The minimum absolute atomic E-state index is 0.120. The van der Waals surface area contributed by atoms with Crippen LogP contribution in [0.25, 0.3) is 0 Å². The van der Waals surface area contributed by atoms with Crippen molar-refractivity contribution < 1.29 is 28.7 Å². The first-order chi connectivity index (χ1) is 14.3. The van der Waals surface area contributed by atoms with Crippen molar-refractivity contribution >= 4 is 23.9 Å². The zero-order valence-electron chi connectivity index (χ0n) is 18.2. The van der Waals surface area contributed by atoms with Crippen LogP contribution in [0.15, 0.2) is 0 Å². The molecule has 1 saturated carbocycles. The van der Waals surface area contributed by atoms with E-state index in [1.165, 1.54) is 7.11 Å². The molecule has 0 aromatic carbocycles. The Morgan fingerprint density at radius 3 is 2.33 bits per heavy atom. The van der Waals surface area contributed by atoms with Crippen molar-refractivity contribution in [3.8, 4) is 0 Å². The van der Waals surface area contributed by atoms with Gasteiger partial charge in [-0.25, -0.2) is 9.59 Å². The summed E-state index contributed by atoms with van der Waals surface area (Å²) in [5, 5.41) is 8.04. The smallest absolute Gasteiger partial charge is 0.408 e. The van der Waals surface area contributed by atoms with Crippen molar-refractivity contribution in [2.45, 2.75) is 83.4 Å². The van der Waals surface area contributed by atoms with Gasteiger partial charge in [0.1, 0.15) is 18.2 Å². The number of alkyl carbamates (subject to hydrolysis) is 1. The fraction of sp³-hybridized carbons (Fsp3) is 0.810. The van der Waals surface area contributed by atoms with Crippen LogP contribution in [0, 0.1) is 11.8 Å². The Morgan fingerprint density at radius 2 is 1.77 bits per heavy atom. The molecule has 1 aliphatic heterocycles. The predicted molar refractivity (Wildman–Crippen MR) is 109 cm³/mol. The number of nitrogens with one attached hydrogen (secondary N) is 3. The highest BCUT2D eigenvalue weighted by molar-refractivity contribution is 5.90. The number of ether oxygens (including phenoxy) is 2. The molecule has 3 N–H and O–H groups in total. The van der Waals surface area contributed by atoms with E-state index in [9.17, 15) is 19.2 Å². The Bertz CT molecular complexity index is 618. The molecule has 0 aromatic heterocycles. The van der Waals surface area contributed by atoms with E-state index in [2.05, 4.69) is 16.0 Å². The number of hydrogen-bond acceptors (Lipinski definition) is 6. The number of carbonyl (C=O) groups excluding carboxylic acids is 4. The minimum Gasteiger partial charge on any atom is -0.467 e. The third-order valence-corrected chi connectivity index (χ3v) is 5.63. The third-order valence-electron chi connectivity index (χ3n) is 5.63. The molecule has 0 aromatic rings. The highest BCUT2D eigenvalue weighted by Gasteiger charge is 2.34. The summed E-state index contributed by atoms with van der Waals surface area (Å²) in [7, 11) is 1.24. The Morgan fingerprint density at radius 1 is 1.07 bits per heavy atom. The summed E-state index contributed by atoms with van der Waals surface area (Å²) < 4.78 is 10.3. The van der Waals surface area contributed by atoms with Gasteiger partial charge in [-0.1, -0.05) is 20.3 Å². The Hall–Kier alpha value is -2.32. The van der Waals surface area contributed by atoms with E-state index in [-0.39, 0.29) is 30.3 Å². The second-order valence-electron chi connectivity index (χ2n) is 8.59. The number of amides is 3. The molecule has 0 radical (unpaired) electrons. The van der Waals surface area contributed by atoms with Gasteiger partial charge in [0, 0.05) is 12.5 Å². The summed E-state index contributed by atoms with van der Waals surface area (Å²) in [4.78, 5) is 49.3. The van der Waals surface area contributed by atoms with Gasteiger partial charge in [0.2, 0.25) is 11.8 Å². The maximum absolute atomic E-state index is 12.9. The van der Waals surface area contributed by atoms with Crippen molar-refractivity contribution in [3.63, 3.8) is 0 Å². The van der Waals surface area contributed by atoms with E-state index in [1.807, 2.05) is 13.8 Å². The lowest BCUT2D eigenvalue weighted by molar-refractivity contribution is -0.146. The Balaban J connectivity index is 1.98. The molecule has 2 aliphatic rings. The summed E-state index contributed by atoms with van der Waals surface area (Å²) in [5.41, 5.74) is 0. The topological polar surface area (TPSA) is 123 Å². The third kappa shape index (κ3) is 7.50. The molecule has 0 spiro atoms. The lowest BCUT2D eigenvalue weighted by Crippen LogP contribution is -2.53. The van der Waals surface area contributed by atoms with Gasteiger partial charge >= 0.3 is 12.1 Å². The molecule has 2 rings (SSSR count). The van der Waals surface area contributed by atoms with Crippen molar-refractivity contribution in [2.75, 3.05) is 13.7 Å². The monoisotopic (exact) mass is 425 g/mol. The SMILES string of the molecule is COC(=O)[C@H](C[C@@H]1CCNC1=O)NC(=O)[C@H](CC(C)C)NC(=O)OC1CCCCC1. The van der Waals surface area contributed by atoms with Crippen molar-refractivity contribution in [3.05, 3.63) is 0 Å². The molecule has 30 heavy (non-hydrogen) atoms. The van der Waals surface area contributed by atoms with Crippen LogP contribution < -0.4 is 16.0 Å². The van der Waals surface area contributed by atoms with Crippen LogP contribution in [0.3, 0.4) is 0 Å². The minimum atomic E-state index is -0.956. The van der Waals surface area contributed by atoms with E-state index in [4.69, 9.17) is 9.47 Å². The van der Waals surface area contributed by atoms with Crippen molar-refractivity contribution in [1.29, 1.82) is 0 Å². The second kappa shape index (κ2) is 11.8. The van der Waals surface area contributed by atoms with E-state index in [0.717, 1.165) is 32.1 Å². The van der Waals surface area contributed by atoms with Gasteiger partial charge in [-0.2, -0.15) is 0 Å². The molecular formula is C21H35N3O6. The lowest BCUT2D eigenvalue weighted by atomic mass is 9.97. The molecule has 0 unspecified atom stereocenters. The van der Waals surface area contributed by atoms with Gasteiger partial charge in [-0.05, 0) is 50.9 Å². The average Bonchev–Trinajstić information content (AvgIpc) is 3.11. The number of hydrogen-bond donors (Lipinski definition) is 3. The average molecular weight is 426 g/mol. The van der Waals surface area contributed by atoms with Crippen molar-refractivity contribution in [2.24, 2.45) is 11.8 Å². The predicted octanol–water partition coefficient (Wildman–Crippen LogP) is 1.64. The molecule has 2 fully saturated rings. The van der Waals surface area contributed by atoms with Gasteiger partial charge in [-0.3, -0.25) is 9.59 Å². The number of esters is 1. The van der Waals surface area contributed by atoms with E-state index < -0.39 is 30.1 Å². The Labute approximate surface area is 178 Å².